The van der Waals surface area contributed by atoms with Crippen LogP contribution in [-0.4, -0.2) is 6.61 Å². The molecule has 0 aliphatic carbocycles. The van der Waals surface area contributed by atoms with Gasteiger partial charge in [-0.2, -0.15) is 0 Å². The largest absolute Gasteiger partial charge is 0.494 e. The predicted octanol–water partition coefficient (Wildman–Crippen LogP) is 7.24. The van der Waals surface area contributed by atoms with Gasteiger partial charge in [0.2, 0.25) is 0 Å². The molecule has 0 aliphatic rings. The summed E-state index contributed by atoms with van der Waals surface area (Å²) in [5.74, 6) is 4.31. The molecule has 3 aromatic rings. The van der Waals surface area contributed by atoms with E-state index in [9.17, 15) is 4.39 Å². The zero-order valence-electron chi connectivity index (χ0n) is 18.5. The molecule has 3 aromatic carbocycles. The number of aryl methyl sites for hydroxylation is 2. The highest BCUT2D eigenvalue weighted by atomic mass is 19.1. The van der Waals surface area contributed by atoms with E-state index in [1.807, 2.05) is 62.4 Å². The second-order valence-corrected chi connectivity index (χ2v) is 7.97. The molecule has 160 valence electrons. The predicted molar refractivity (Wildman–Crippen MR) is 124 cm³/mol. The van der Waals surface area contributed by atoms with Crippen molar-refractivity contribution in [2.45, 2.75) is 45.4 Å². The molecule has 0 bridgehead atoms. The van der Waals surface area contributed by atoms with E-state index in [2.05, 4.69) is 12.8 Å². The van der Waals surface area contributed by atoms with Gasteiger partial charge in [-0.1, -0.05) is 41.8 Å². The Labute approximate surface area is 185 Å². The van der Waals surface area contributed by atoms with E-state index in [1.54, 1.807) is 12.1 Å². The summed E-state index contributed by atoms with van der Waals surface area (Å²) in [6.45, 7) is 6.69. The van der Waals surface area contributed by atoms with Crippen molar-refractivity contribution < 1.29 is 13.9 Å². The molecule has 0 saturated carbocycles. The van der Waals surface area contributed by atoms with Crippen molar-refractivity contribution in [2.24, 2.45) is 0 Å². The summed E-state index contributed by atoms with van der Waals surface area (Å²) in [5.41, 5.74) is 2.88. The summed E-state index contributed by atoms with van der Waals surface area (Å²) >= 11 is 0. The average Bonchev–Trinajstić information content (AvgIpc) is 2.78. The molecule has 3 heteroatoms. The number of benzene rings is 3. The van der Waals surface area contributed by atoms with E-state index in [0.29, 0.717) is 12.4 Å². The van der Waals surface area contributed by atoms with Gasteiger partial charge in [-0.3, -0.25) is 0 Å². The van der Waals surface area contributed by atoms with Crippen LogP contribution in [0.5, 0.6) is 17.2 Å². The van der Waals surface area contributed by atoms with Crippen LogP contribution in [0.3, 0.4) is 0 Å². The maximum absolute atomic E-state index is 14.2. The first-order valence-electron chi connectivity index (χ1n) is 10.7. The summed E-state index contributed by atoms with van der Waals surface area (Å²) in [4.78, 5) is 0. The molecule has 0 saturated heterocycles. The van der Waals surface area contributed by atoms with Crippen molar-refractivity contribution in [3.8, 4) is 29.6 Å². The highest BCUT2D eigenvalue weighted by Crippen LogP contribution is 2.31. The molecule has 31 heavy (non-hydrogen) atoms. The second-order valence-electron chi connectivity index (χ2n) is 7.97. The van der Waals surface area contributed by atoms with Gasteiger partial charge in [0.05, 0.1) is 12.0 Å². The standard InChI is InChI=1S/C28H29FO2/c1-5-28(4,23-12-16-24(17-13-23)30-6-2)19-7-8-22-11-18-26(29)27(20-22)31-25-14-9-21(3)10-15-25/h1,9-18,20H,6-8,19H2,2-4H3. The Balaban J connectivity index is 1.64. The van der Waals surface area contributed by atoms with Crippen LogP contribution >= 0.6 is 0 Å². The molecule has 3 rings (SSSR count). The van der Waals surface area contributed by atoms with E-state index in [-0.39, 0.29) is 17.0 Å². The molecule has 0 radical (unpaired) electrons. The zero-order chi connectivity index (χ0) is 22.3. The van der Waals surface area contributed by atoms with Gasteiger partial charge in [0.1, 0.15) is 11.5 Å². The van der Waals surface area contributed by atoms with E-state index >= 15 is 0 Å². The van der Waals surface area contributed by atoms with Crippen molar-refractivity contribution in [1.82, 2.24) is 0 Å². The first-order chi connectivity index (χ1) is 14.9. The zero-order valence-corrected chi connectivity index (χ0v) is 18.5. The van der Waals surface area contributed by atoms with Gasteiger partial charge in [-0.05, 0) is 87.6 Å². The molecule has 0 amide bonds. The Hall–Kier alpha value is -3.25. The molecule has 1 atom stereocenters. The minimum Gasteiger partial charge on any atom is -0.494 e. The number of halogens is 1. The van der Waals surface area contributed by atoms with Gasteiger partial charge >= 0.3 is 0 Å². The third-order valence-electron chi connectivity index (χ3n) is 5.51. The Morgan fingerprint density at radius 2 is 1.65 bits per heavy atom. The Kier molecular flexibility index (Phi) is 7.36. The van der Waals surface area contributed by atoms with Crippen molar-refractivity contribution in [3.05, 3.63) is 89.2 Å². The summed E-state index contributed by atoms with van der Waals surface area (Å²) in [6, 6.07) is 20.6. The number of rotatable bonds is 9. The van der Waals surface area contributed by atoms with Crippen molar-refractivity contribution in [2.75, 3.05) is 6.61 Å². The summed E-state index contributed by atoms with van der Waals surface area (Å²) in [6.07, 6.45) is 8.40. The molecule has 0 spiro atoms. The lowest BCUT2D eigenvalue weighted by Crippen LogP contribution is -2.19. The van der Waals surface area contributed by atoms with Crippen LogP contribution in [0.2, 0.25) is 0 Å². The lowest BCUT2D eigenvalue weighted by atomic mass is 9.78. The maximum Gasteiger partial charge on any atom is 0.165 e. The molecule has 0 aliphatic heterocycles. The molecule has 1 unspecified atom stereocenters. The van der Waals surface area contributed by atoms with Crippen molar-refractivity contribution >= 4 is 0 Å². The Morgan fingerprint density at radius 1 is 0.968 bits per heavy atom. The fraction of sp³-hybridized carbons (Fsp3) is 0.286. The molecule has 0 heterocycles. The fourth-order valence-corrected chi connectivity index (χ4v) is 3.55. The van der Waals surface area contributed by atoms with Crippen LogP contribution in [0, 0.1) is 25.1 Å². The Bertz CT molecular complexity index is 1030. The minimum absolute atomic E-state index is 0.243. The van der Waals surface area contributed by atoms with Crippen molar-refractivity contribution in [1.29, 1.82) is 0 Å². The van der Waals surface area contributed by atoms with Crippen LogP contribution in [0.4, 0.5) is 4.39 Å². The number of hydrogen-bond donors (Lipinski definition) is 0. The van der Waals surface area contributed by atoms with Gasteiger partial charge in [-0.25, -0.2) is 4.39 Å². The average molecular weight is 417 g/mol. The number of ether oxygens (including phenoxy) is 2. The minimum atomic E-state index is -0.369. The van der Waals surface area contributed by atoms with Gasteiger partial charge in [0.15, 0.2) is 11.6 Å². The number of hydrogen-bond acceptors (Lipinski definition) is 2. The van der Waals surface area contributed by atoms with E-state index < -0.39 is 0 Å². The quantitative estimate of drug-likeness (QED) is 0.342. The van der Waals surface area contributed by atoms with Crippen molar-refractivity contribution in [3.63, 3.8) is 0 Å². The Morgan fingerprint density at radius 3 is 2.29 bits per heavy atom. The normalized spacial score (nSPS) is 12.6. The molecular formula is C28H29FO2. The van der Waals surface area contributed by atoms with E-state index in [1.165, 1.54) is 6.07 Å². The SMILES string of the molecule is C#CC(C)(CCCc1ccc(F)c(Oc2ccc(C)cc2)c1)c1ccc(OCC)cc1. The topological polar surface area (TPSA) is 18.5 Å². The van der Waals surface area contributed by atoms with E-state index in [4.69, 9.17) is 15.9 Å². The molecule has 0 N–H and O–H groups in total. The lowest BCUT2D eigenvalue weighted by Gasteiger charge is -2.24. The molecular weight excluding hydrogens is 387 g/mol. The lowest BCUT2D eigenvalue weighted by molar-refractivity contribution is 0.340. The van der Waals surface area contributed by atoms with Gasteiger partial charge in [-0.15, -0.1) is 6.42 Å². The third-order valence-corrected chi connectivity index (χ3v) is 5.51. The number of terminal acetylenes is 1. The fourth-order valence-electron chi connectivity index (χ4n) is 3.55. The monoisotopic (exact) mass is 416 g/mol. The second kappa shape index (κ2) is 10.2. The van der Waals surface area contributed by atoms with Gasteiger partial charge in [0, 0.05) is 0 Å². The first-order valence-corrected chi connectivity index (χ1v) is 10.7. The molecule has 0 fully saturated rings. The van der Waals surface area contributed by atoms with Crippen LogP contribution < -0.4 is 9.47 Å². The maximum atomic E-state index is 14.2. The summed E-state index contributed by atoms with van der Waals surface area (Å²) in [5, 5.41) is 0. The highest BCUT2D eigenvalue weighted by Gasteiger charge is 2.23. The van der Waals surface area contributed by atoms with Gasteiger partial charge in [0.25, 0.3) is 0 Å². The summed E-state index contributed by atoms with van der Waals surface area (Å²) < 4.78 is 25.5. The third kappa shape index (κ3) is 5.89. The first kappa shape index (κ1) is 22.4. The van der Waals surface area contributed by atoms with Crippen LogP contribution in [0.1, 0.15) is 43.4 Å². The summed E-state index contributed by atoms with van der Waals surface area (Å²) in [7, 11) is 0. The van der Waals surface area contributed by atoms with Crippen LogP contribution in [0.25, 0.3) is 0 Å². The van der Waals surface area contributed by atoms with Gasteiger partial charge < -0.3 is 9.47 Å². The molecule has 2 nitrogen and oxygen atoms in total. The smallest absolute Gasteiger partial charge is 0.165 e. The molecule has 0 aromatic heterocycles. The van der Waals surface area contributed by atoms with Crippen LogP contribution in [0.15, 0.2) is 66.7 Å². The van der Waals surface area contributed by atoms with Crippen LogP contribution in [-0.2, 0) is 11.8 Å². The van der Waals surface area contributed by atoms with E-state index in [0.717, 1.165) is 41.7 Å². The highest BCUT2D eigenvalue weighted by molar-refractivity contribution is 5.38.